The van der Waals surface area contributed by atoms with Crippen LogP contribution >= 0.6 is 8.03 Å². The van der Waals surface area contributed by atoms with Gasteiger partial charge in [-0.25, -0.2) is 0 Å². The van der Waals surface area contributed by atoms with Crippen molar-refractivity contribution < 1.29 is 14.6 Å². The Kier molecular flexibility index (Phi) is 5.79. The van der Waals surface area contributed by atoms with Crippen LogP contribution in [0.2, 0.25) is 0 Å². The molecule has 0 rings (SSSR count). The first-order valence-corrected chi connectivity index (χ1v) is 4.81. The van der Waals surface area contributed by atoms with Crippen molar-refractivity contribution in [1.82, 2.24) is 0 Å². The van der Waals surface area contributed by atoms with Crippen LogP contribution in [0.25, 0.3) is 0 Å². The Hall–Kier alpha value is 0.0200. The average Bonchev–Trinajstić information content (AvgIpc) is 1.85. The molecule has 0 saturated heterocycles. The molecule has 0 bridgehead atoms. The van der Waals surface area contributed by atoms with Crippen LogP contribution in [0.4, 0.5) is 0 Å². The van der Waals surface area contributed by atoms with Gasteiger partial charge in [-0.15, -0.1) is 0 Å². The normalized spacial score (nSPS) is 14.9. The second kappa shape index (κ2) is 5.78. The highest BCUT2D eigenvalue weighted by molar-refractivity contribution is 7.37. The van der Waals surface area contributed by atoms with Gasteiger partial charge in [0.15, 0.2) is 6.16 Å². The van der Waals surface area contributed by atoms with E-state index in [0.717, 1.165) is 12.8 Å². The van der Waals surface area contributed by atoms with Gasteiger partial charge in [0.1, 0.15) is 0 Å². The van der Waals surface area contributed by atoms with Crippen molar-refractivity contribution >= 4 is 8.03 Å². The molecule has 0 aromatic carbocycles. The zero-order chi connectivity index (χ0) is 7.98. The third-order valence-corrected chi connectivity index (χ3v) is 2.08. The maximum Gasteiger partial charge on any atom is 0.505 e. The summed E-state index contributed by atoms with van der Waals surface area (Å²) in [4.78, 5) is 8.42. The molecule has 0 aromatic heterocycles. The molecule has 2 unspecified atom stereocenters. The lowest BCUT2D eigenvalue weighted by Gasteiger charge is -2.02. The first-order valence-electron chi connectivity index (χ1n) is 3.41. The van der Waals surface area contributed by atoms with Crippen LogP contribution < -0.4 is 0 Å². The van der Waals surface area contributed by atoms with E-state index in [4.69, 9.17) is 10.00 Å². The number of rotatable bonds is 5. The molecule has 10 heavy (non-hydrogen) atoms. The van der Waals surface area contributed by atoms with Crippen LogP contribution in [0, 0.1) is 5.92 Å². The van der Waals surface area contributed by atoms with Crippen molar-refractivity contribution in [2.45, 2.75) is 19.8 Å². The first-order chi connectivity index (χ1) is 4.66. The fourth-order valence-electron chi connectivity index (χ4n) is 0.696. The highest BCUT2D eigenvalue weighted by Crippen LogP contribution is 2.18. The third-order valence-electron chi connectivity index (χ3n) is 1.44. The van der Waals surface area contributed by atoms with Gasteiger partial charge in [-0.2, -0.15) is 4.89 Å². The summed E-state index contributed by atoms with van der Waals surface area (Å²) in [5.74, 6) is 0.357. The number of hydrogen-bond donors (Lipinski definition) is 2. The van der Waals surface area contributed by atoms with E-state index in [2.05, 4.69) is 0 Å². The lowest BCUT2D eigenvalue weighted by atomic mass is 10.1. The summed E-state index contributed by atoms with van der Waals surface area (Å²) in [6.45, 7) is 2.14. The van der Waals surface area contributed by atoms with Crippen molar-refractivity contribution in [3.8, 4) is 0 Å². The van der Waals surface area contributed by atoms with Gasteiger partial charge in [-0.3, -0.25) is 0 Å². The Balaban J connectivity index is 3.21. The molecule has 3 nitrogen and oxygen atoms in total. The van der Waals surface area contributed by atoms with E-state index >= 15 is 0 Å². The molecule has 0 aromatic rings. The lowest BCUT2D eigenvalue weighted by Crippen LogP contribution is -1.98. The first kappa shape index (κ1) is 10.0. The summed E-state index contributed by atoms with van der Waals surface area (Å²) >= 11 is 0. The molecule has 0 fully saturated rings. The second-order valence-corrected chi connectivity index (χ2v) is 3.63. The molecule has 60 valence electrons. The third kappa shape index (κ3) is 6.14. The monoisotopic (exact) mass is 165 g/mol. The molecule has 4 heteroatoms. The molecule has 0 aliphatic rings. The predicted molar refractivity (Wildman–Crippen MR) is 40.2 cm³/mol. The Bertz CT molecular complexity index is 105. The minimum Gasteiger partial charge on any atom is -0.396 e. The van der Waals surface area contributed by atoms with Crippen LogP contribution in [-0.2, 0) is 4.57 Å². The van der Waals surface area contributed by atoms with Crippen LogP contribution in [-0.4, -0.2) is 22.8 Å². The van der Waals surface area contributed by atoms with E-state index in [1.807, 2.05) is 6.92 Å². The molecule has 0 saturated carbocycles. The van der Waals surface area contributed by atoms with Crippen molar-refractivity contribution in [3.05, 3.63) is 0 Å². The van der Waals surface area contributed by atoms with Gasteiger partial charge in [0.05, 0.1) is 0 Å². The fraction of sp³-hybridized carbons (Fsp3) is 1.00. The van der Waals surface area contributed by atoms with Crippen molar-refractivity contribution in [3.63, 3.8) is 0 Å². The van der Waals surface area contributed by atoms with Crippen LogP contribution in [0.5, 0.6) is 0 Å². The molecule has 0 aliphatic heterocycles. The molecule has 0 radical (unpaired) electrons. The SMILES string of the molecule is CC(CCO)CC[P+](=O)O. The van der Waals surface area contributed by atoms with Gasteiger partial charge in [-0.1, -0.05) is 6.92 Å². The number of hydrogen-bond acceptors (Lipinski definition) is 2. The summed E-state index contributed by atoms with van der Waals surface area (Å²) in [5.41, 5.74) is 0. The van der Waals surface area contributed by atoms with Gasteiger partial charge < -0.3 is 5.11 Å². The highest BCUT2D eigenvalue weighted by Gasteiger charge is 2.12. The Morgan fingerprint density at radius 1 is 1.50 bits per heavy atom. The molecule has 2 N–H and O–H groups in total. The molecule has 0 amide bonds. The molecular formula is C6H14O3P+. The largest absolute Gasteiger partial charge is 0.505 e. The van der Waals surface area contributed by atoms with Crippen LogP contribution in [0.3, 0.4) is 0 Å². The van der Waals surface area contributed by atoms with E-state index in [1.54, 1.807) is 0 Å². The number of aliphatic hydroxyl groups is 1. The number of aliphatic hydroxyl groups excluding tert-OH is 1. The lowest BCUT2D eigenvalue weighted by molar-refractivity contribution is 0.260. The zero-order valence-electron chi connectivity index (χ0n) is 6.16. The zero-order valence-corrected chi connectivity index (χ0v) is 7.05. The molecule has 0 aliphatic carbocycles. The Labute approximate surface area is 61.9 Å². The maximum atomic E-state index is 10.2. The van der Waals surface area contributed by atoms with E-state index in [0.29, 0.717) is 12.1 Å². The van der Waals surface area contributed by atoms with Gasteiger partial charge >= 0.3 is 8.03 Å². The topological polar surface area (TPSA) is 57.5 Å². The predicted octanol–water partition coefficient (Wildman–Crippen LogP) is 1.13. The quantitative estimate of drug-likeness (QED) is 0.600. The average molecular weight is 165 g/mol. The Morgan fingerprint density at radius 3 is 2.50 bits per heavy atom. The van der Waals surface area contributed by atoms with Crippen molar-refractivity contribution in [1.29, 1.82) is 0 Å². The standard InChI is InChI=1S/C6H13O3P/c1-6(2-4-7)3-5-10(8)9/h6-7H,2-5H2,1H3/p+1. The fourth-order valence-corrected chi connectivity index (χ4v) is 1.36. The van der Waals surface area contributed by atoms with Gasteiger partial charge in [0.2, 0.25) is 0 Å². The maximum absolute atomic E-state index is 10.2. The summed E-state index contributed by atoms with van der Waals surface area (Å²) in [5, 5.41) is 8.47. The summed E-state index contributed by atoms with van der Waals surface area (Å²) in [6, 6.07) is 0. The van der Waals surface area contributed by atoms with Crippen LogP contribution in [0.1, 0.15) is 19.8 Å². The van der Waals surface area contributed by atoms with Crippen molar-refractivity contribution in [2.24, 2.45) is 5.92 Å². The minimum atomic E-state index is -1.98. The van der Waals surface area contributed by atoms with E-state index in [9.17, 15) is 4.57 Å². The Morgan fingerprint density at radius 2 is 2.10 bits per heavy atom. The smallest absolute Gasteiger partial charge is 0.396 e. The molecule has 2 atom stereocenters. The highest BCUT2D eigenvalue weighted by atomic mass is 31.1. The molecule has 0 spiro atoms. The summed E-state index contributed by atoms with van der Waals surface area (Å²) < 4.78 is 10.2. The van der Waals surface area contributed by atoms with Crippen molar-refractivity contribution in [2.75, 3.05) is 12.8 Å². The minimum absolute atomic E-state index is 0.170. The van der Waals surface area contributed by atoms with E-state index < -0.39 is 8.03 Å². The molecular weight excluding hydrogens is 151 g/mol. The van der Waals surface area contributed by atoms with Crippen LogP contribution in [0.15, 0.2) is 0 Å². The van der Waals surface area contributed by atoms with Gasteiger partial charge in [0, 0.05) is 6.61 Å². The van der Waals surface area contributed by atoms with Gasteiger partial charge in [0.25, 0.3) is 0 Å². The van der Waals surface area contributed by atoms with E-state index in [1.165, 1.54) is 0 Å². The second-order valence-electron chi connectivity index (χ2n) is 2.48. The molecule has 0 heterocycles. The van der Waals surface area contributed by atoms with E-state index in [-0.39, 0.29) is 6.61 Å². The summed E-state index contributed by atoms with van der Waals surface area (Å²) in [6.07, 6.45) is 1.81. The van der Waals surface area contributed by atoms with Gasteiger partial charge in [-0.05, 0) is 23.3 Å². The summed E-state index contributed by atoms with van der Waals surface area (Å²) in [7, 11) is -1.98.